The van der Waals surface area contributed by atoms with Gasteiger partial charge < -0.3 is 18.4 Å². The Bertz CT molecular complexity index is 1470. The first kappa shape index (κ1) is 28.5. The van der Waals surface area contributed by atoms with E-state index < -0.39 is 33.9 Å². The fourth-order valence-electron chi connectivity index (χ4n) is 3.94. The van der Waals surface area contributed by atoms with Crippen LogP contribution in [0, 0.1) is 11.8 Å². The van der Waals surface area contributed by atoms with Crippen LogP contribution in [0.25, 0.3) is 22.1 Å². The van der Waals surface area contributed by atoms with Crippen molar-refractivity contribution < 1.29 is 32.0 Å². The van der Waals surface area contributed by atoms with E-state index >= 15 is 0 Å². The quantitative estimate of drug-likeness (QED) is 0.189. The Labute approximate surface area is 228 Å². The predicted molar refractivity (Wildman–Crippen MR) is 145 cm³/mol. The SMILES string of the molecule is CCOC(=O)Cc1cc(F)ccc1OCc1cc(-c2ccnc(CN[S+]([O-])C(C)(C)C)c2)c2oc(F)cc2c1. The van der Waals surface area contributed by atoms with Crippen molar-refractivity contribution in [1.82, 2.24) is 9.71 Å². The third-order valence-electron chi connectivity index (χ3n) is 5.77. The summed E-state index contributed by atoms with van der Waals surface area (Å²) in [6.45, 7) is 7.90. The first-order valence-corrected chi connectivity index (χ1v) is 13.6. The number of pyridine rings is 1. The van der Waals surface area contributed by atoms with Crippen LogP contribution in [0.5, 0.6) is 5.75 Å². The number of fused-ring (bicyclic) bond motifs is 1. The predicted octanol–water partition coefficient (Wildman–Crippen LogP) is 6.01. The van der Waals surface area contributed by atoms with Gasteiger partial charge in [-0.3, -0.25) is 9.78 Å². The molecular weight excluding hydrogens is 526 g/mol. The lowest BCUT2D eigenvalue weighted by atomic mass is 10.0. The van der Waals surface area contributed by atoms with Crippen LogP contribution in [0.1, 0.15) is 44.5 Å². The highest BCUT2D eigenvalue weighted by atomic mass is 32.2. The third-order valence-corrected chi connectivity index (χ3v) is 7.29. The lowest BCUT2D eigenvalue weighted by molar-refractivity contribution is -0.142. The number of rotatable bonds is 10. The number of nitrogens with one attached hydrogen (secondary N) is 1. The van der Waals surface area contributed by atoms with Crippen LogP contribution in [0.15, 0.2) is 59.1 Å². The summed E-state index contributed by atoms with van der Waals surface area (Å²) in [6, 6.07) is 11.7. The molecule has 0 bridgehead atoms. The Hall–Kier alpha value is -3.47. The summed E-state index contributed by atoms with van der Waals surface area (Å²) >= 11 is -1.27. The van der Waals surface area contributed by atoms with Crippen molar-refractivity contribution in [3.8, 4) is 16.9 Å². The molecule has 4 rings (SSSR count). The Balaban J connectivity index is 1.61. The van der Waals surface area contributed by atoms with Gasteiger partial charge in [0, 0.05) is 40.1 Å². The lowest BCUT2D eigenvalue weighted by Crippen LogP contribution is -2.39. The molecule has 0 aliphatic rings. The van der Waals surface area contributed by atoms with E-state index in [1.54, 1.807) is 25.3 Å². The van der Waals surface area contributed by atoms with E-state index in [0.29, 0.717) is 39.1 Å². The molecule has 0 saturated carbocycles. The molecule has 2 aromatic heterocycles. The molecule has 0 aliphatic carbocycles. The molecule has 1 unspecified atom stereocenters. The van der Waals surface area contributed by atoms with Crippen LogP contribution in [0.4, 0.5) is 8.78 Å². The topological polar surface area (TPSA) is 96.7 Å². The molecule has 0 aliphatic heterocycles. The van der Waals surface area contributed by atoms with Crippen molar-refractivity contribution in [2.45, 2.75) is 52.0 Å². The molecule has 4 aromatic rings. The van der Waals surface area contributed by atoms with Gasteiger partial charge in [0.1, 0.15) is 28.5 Å². The van der Waals surface area contributed by atoms with Gasteiger partial charge >= 0.3 is 5.97 Å². The second-order valence-electron chi connectivity index (χ2n) is 9.87. The maximum absolute atomic E-state index is 14.1. The van der Waals surface area contributed by atoms with Gasteiger partial charge in [-0.2, -0.15) is 4.39 Å². The van der Waals surface area contributed by atoms with Crippen LogP contribution in [0.3, 0.4) is 0 Å². The molecule has 0 fully saturated rings. The highest BCUT2D eigenvalue weighted by molar-refractivity contribution is 7.90. The number of benzene rings is 2. The van der Waals surface area contributed by atoms with Crippen molar-refractivity contribution >= 4 is 28.3 Å². The third kappa shape index (κ3) is 7.35. The first-order chi connectivity index (χ1) is 18.5. The molecule has 0 radical (unpaired) electrons. The zero-order chi connectivity index (χ0) is 28.2. The van der Waals surface area contributed by atoms with Gasteiger partial charge in [-0.1, -0.05) is 0 Å². The van der Waals surface area contributed by atoms with E-state index in [1.807, 2.05) is 32.9 Å². The van der Waals surface area contributed by atoms with Gasteiger partial charge in [0.15, 0.2) is 0 Å². The minimum Gasteiger partial charge on any atom is -0.598 e. The molecule has 1 N–H and O–H groups in total. The number of ether oxygens (including phenoxy) is 2. The molecule has 2 heterocycles. The minimum atomic E-state index is -1.27. The first-order valence-electron chi connectivity index (χ1n) is 12.4. The fraction of sp³-hybridized carbons (Fsp3) is 0.310. The van der Waals surface area contributed by atoms with E-state index in [-0.39, 0.29) is 26.2 Å². The molecule has 10 heteroatoms. The van der Waals surface area contributed by atoms with Crippen LogP contribution in [0.2, 0.25) is 0 Å². The summed E-state index contributed by atoms with van der Waals surface area (Å²) in [4.78, 5) is 16.3. The molecule has 0 spiro atoms. The smallest absolute Gasteiger partial charge is 0.310 e. The van der Waals surface area contributed by atoms with Gasteiger partial charge in [-0.15, -0.1) is 4.72 Å². The number of aromatic nitrogens is 1. The molecule has 2 aromatic carbocycles. The van der Waals surface area contributed by atoms with Crippen molar-refractivity contribution in [3.63, 3.8) is 0 Å². The maximum atomic E-state index is 14.1. The number of carbonyl (C=O) groups is 1. The highest BCUT2D eigenvalue weighted by Gasteiger charge is 2.26. The van der Waals surface area contributed by atoms with Crippen molar-refractivity contribution in [3.05, 3.63) is 83.4 Å². The number of hydrogen-bond donors (Lipinski definition) is 1. The summed E-state index contributed by atoms with van der Waals surface area (Å²) in [5, 5.41) is 0.541. The van der Waals surface area contributed by atoms with E-state index in [0.717, 1.165) is 5.56 Å². The lowest BCUT2D eigenvalue weighted by Gasteiger charge is -2.23. The standard InChI is InChI=1S/C29H30F2N2O5S/c1-5-36-27(34)15-20-12-22(30)6-7-25(20)37-17-18-10-21-14-26(31)38-28(21)24(11-18)19-8-9-32-23(13-19)16-33-39(35)29(2,3)4/h6-14,33H,5,15-17H2,1-4H3. The van der Waals surface area contributed by atoms with Gasteiger partial charge in [-0.05, 0) is 81.3 Å². The largest absolute Gasteiger partial charge is 0.598 e. The van der Waals surface area contributed by atoms with E-state index in [1.165, 1.54) is 24.3 Å². The van der Waals surface area contributed by atoms with Crippen LogP contribution in [-0.4, -0.2) is 26.9 Å². The van der Waals surface area contributed by atoms with Crippen LogP contribution < -0.4 is 9.46 Å². The molecule has 7 nitrogen and oxygen atoms in total. The van der Waals surface area contributed by atoms with E-state index in [9.17, 15) is 18.1 Å². The molecule has 39 heavy (non-hydrogen) atoms. The second-order valence-corrected chi connectivity index (χ2v) is 11.9. The van der Waals surface area contributed by atoms with Gasteiger partial charge in [-0.25, -0.2) is 4.39 Å². The zero-order valence-electron chi connectivity index (χ0n) is 22.2. The summed E-state index contributed by atoms with van der Waals surface area (Å²) in [5.41, 5.74) is 3.44. The fourth-order valence-corrected chi connectivity index (χ4v) is 4.65. The Morgan fingerprint density at radius 1 is 1.13 bits per heavy atom. The minimum absolute atomic E-state index is 0.0707. The number of esters is 1. The van der Waals surface area contributed by atoms with Crippen molar-refractivity contribution in [2.24, 2.45) is 0 Å². The molecule has 0 amide bonds. The summed E-state index contributed by atoms with van der Waals surface area (Å²) < 4.78 is 59.3. The second kappa shape index (κ2) is 12.1. The van der Waals surface area contributed by atoms with Crippen LogP contribution >= 0.6 is 0 Å². The molecular formula is C29H30F2N2O5S. The van der Waals surface area contributed by atoms with E-state index in [2.05, 4.69) is 9.71 Å². The van der Waals surface area contributed by atoms with Crippen LogP contribution in [-0.2, 0) is 40.5 Å². The molecule has 1 atom stereocenters. The van der Waals surface area contributed by atoms with Gasteiger partial charge in [0.2, 0.25) is 0 Å². The highest BCUT2D eigenvalue weighted by Crippen LogP contribution is 2.33. The number of furan rings is 1. The van der Waals surface area contributed by atoms with Crippen molar-refractivity contribution in [1.29, 1.82) is 0 Å². The average Bonchev–Trinajstić information content (AvgIpc) is 3.26. The zero-order valence-corrected chi connectivity index (χ0v) is 23.0. The Kier molecular flexibility index (Phi) is 8.89. The van der Waals surface area contributed by atoms with Gasteiger partial charge in [0.25, 0.3) is 6.01 Å². The molecule has 0 saturated heterocycles. The average molecular weight is 557 g/mol. The number of hydrogen-bond acceptors (Lipinski definition) is 7. The van der Waals surface area contributed by atoms with Crippen molar-refractivity contribution in [2.75, 3.05) is 6.61 Å². The summed E-state index contributed by atoms with van der Waals surface area (Å²) in [6.07, 6.45) is 1.49. The Morgan fingerprint density at radius 2 is 1.92 bits per heavy atom. The number of nitrogens with zero attached hydrogens (tertiary/aromatic N) is 1. The number of halogens is 2. The van der Waals surface area contributed by atoms with Gasteiger partial charge in [0.05, 0.1) is 25.3 Å². The summed E-state index contributed by atoms with van der Waals surface area (Å²) in [5.74, 6) is -0.637. The normalized spacial score (nSPS) is 12.5. The summed E-state index contributed by atoms with van der Waals surface area (Å²) in [7, 11) is 0. The number of carbonyl (C=O) groups excluding carboxylic acids is 1. The monoisotopic (exact) mass is 556 g/mol. The Morgan fingerprint density at radius 3 is 2.67 bits per heavy atom. The maximum Gasteiger partial charge on any atom is 0.310 e. The van der Waals surface area contributed by atoms with E-state index in [4.69, 9.17) is 13.9 Å². The molecule has 206 valence electrons.